The van der Waals surface area contributed by atoms with Gasteiger partial charge in [-0.3, -0.25) is 0 Å². The number of hydrogen-bond donors (Lipinski definition) is 0. The molecule has 0 amide bonds. The summed E-state index contributed by atoms with van der Waals surface area (Å²) in [6, 6.07) is 12.2. The van der Waals surface area contributed by atoms with Crippen LogP contribution in [0.1, 0.15) is 19.4 Å². The van der Waals surface area contributed by atoms with E-state index >= 15 is 0 Å². The Morgan fingerprint density at radius 1 is 1.08 bits per heavy atom. The number of sulfonamides is 1. The minimum absolute atomic E-state index is 0.170. The van der Waals surface area contributed by atoms with E-state index in [0.29, 0.717) is 22.5 Å². The van der Waals surface area contributed by atoms with Gasteiger partial charge in [0.25, 0.3) is 0 Å². The highest BCUT2D eigenvalue weighted by Crippen LogP contribution is 2.30. The smallest absolute Gasteiger partial charge is 0.244 e. The van der Waals surface area contributed by atoms with Gasteiger partial charge in [0.1, 0.15) is 11.5 Å². The Morgan fingerprint density at radius 2 is 1.77 bits per heavy atom. The first kappa shape index (κ1) is 20.7. The van der Waals surface area contributed by atoms with E-state index in [9.17, 15) is 8.42 Å². The lowest BCUT2D eigenvalue weighted by atomic mass is 10.1. The SMILES string of the molecule is COc1ccc(OC)c(CN(CC(C)C)S(=O)(=O)c2ccccc2Br)c1. The van der Waals surface area contributed by atoms with E-state index in [4.69, 9.17) is 9.47 Å². The highest BCUT2D eigenvalue weighted by molar-refractivity contribution is 9.10. The van der Waals surface area contributed by atoms with Gasteiger partial charge in [0, 0.05) is 23.1 Å². The fraction of sp³-hybridized carbons (Fsp3) is 0.368. The summed E-state index contributed by atoms with van der Waals surface area (Å²) in [4.78, 5) is 0.252. The van der Waals surface area contributed by atoms with Crippen LogP contribution < -0.4 is 9.47 Å². The van der Waals surface area contributed by atoms with Crippen molar-refractivity contribution in [2.45, 2.75) is 25.3 Å². The van der Waals surface area contributed by atoms with Crippen LogP contribution in [0.25, 0.3) is 0 Å². The normalized spacial score (nSPS) is 11.8. The van der Waals surface area contributed by atoms with Crippen molar-refractivity contribution < 1.29 is 17.9 Å². The number of halogens is 1. The number of benzene rings is 2. The standard InChI is InChI=1S/C19H24BrNO4S/c1-14(2)12-21(26(22,23)19-8-6-5-7-17(19)20)13-15-11-16(24-3)9-10-18(15)25-4/h5-11,14H,12-13H2,1-4H3. The van der Waals surface area contributed by atoms with Crippen molar-refractivity contribution in [3.05, 3.63) is 52.5 Å². The Labute approximate surface area is 164 Å². The van der Waals surface area contributed by atoms with Gasteiger partial charge >= 0.3 is 0 Å². The van der Waals surface area contributed by atoms with E-state index < -0.39 is 10.0 Å². The van der Waals surface area contributed by atoms with Crippen molar-refractivity contribution in [3.8, 4) is 11.5 Å². The lowest BCUT2D eigenvalue weighted by molar-refractivity contribution is 0.348. The molecule has 0 aliphatic heterocycles. The second-order valence-electron chi connectivity index (χ2n) is 6.30. The van der Waals surface area contributed by atoms with Crippen molar-refractivity contribution >= 4 is 26.0 Å². The van der Waals surface area contributed by atoms with Crippen LogP contribution in [-0.4, -0.2) is 33.5 Å². The molecule has 5 nitrogen and oxygen atoms in total. The summed E-state index contributed by atoms with van der Waals surface area (Å²) >= 11 is 3.35. The van der Waals surface area contributed by atoms with Crippen LogP contribution in [-0.2, 0) is 16.6 Å². The Bertz CT molecular complexity index is 852. The highest BCUT2D eigenvalue weighted by atomic mass is 79.9. The average molecular weight is 442 g/mol. The van der Waals surface area contributed by atoms with Crippen molar-refractivity contribution in [3.63, 3.8) is 0 Å². The van der Waals surface area contributed by atoms with Crippen LogP contribution in [0.4, 0.5) is 0 Å². The maximum atomic E-state index is 13.3. The summed E-state index contributed by atoms with van der Waals surface area (Å²) in [5, 5.41) is 0. The predicted octanol–water partition coefficient (Wildman–Crippen LogP) is 4.31. The summed E-state index contributed by atoms with van der Waals surface area (Å²) in [5.74, 6) is 1.45. The van der Waals surface area contributed by atoms with Crippen molar-refractivity contribution in [1.29, 1.82) is 0 Å². The van der Waals surface area contributed by atoms with Crippen LogP contribution >= 0.6 is 15.9 Å². The van der Waals surface area contributed by atoms with E-state index in [-0.39, 0.29) is 17.4 Å². The van der Waals surface area contributed by atoms with Gasteiger partial charge in [-0.15, -0.1) is 0 Å². The summed E-state index contributed by atoms with van der Waals surface area (Å²) in [6.07, 6.45) is 0. The maximum Gasteiger partial charge on any atom is 0.244 e. The molecule has 0 aliphatic rings. The molecule has 0 unspecified atom stereocenters. The number of ether oxygens (including phenoxy) is 2. The van der Waals surface area contributed by atoms with Gasteiger partial charge < -0.3 is 9.47 Å². The molecule has 0 bridgehead atoms. The molecular weight excluding hydrogens is 418 g/mol. The van der Waals surface area contributed by atoms with Gasteiger partial charge in [-0.25, -0.2) is 8.42 Å². The number of methoxy groups -OCH3 is 2. The van der Waals surface area contributed by atoms with Crippen molar-refractivity contribution in [2.24, 2.45) is 5.92 Å². The predicted molar refractivity (Wildman–Crippen MR) is 106 cm³/mol. The molecule has 0 aliphatic carbocycles. The molecule has 2 aromatic rings. The van der Waals surface area contributed by atoms with Gasteiger partial charge in [-0.2, -0.15) is 4.31 Å². The van der Waals surface area contributed by atoms with Gasteiger partial charge in [0.2, 0.25) is 10.0 Å². The van der Waals surface area contributed by atoms with E-state index in [0.717, 1.165) is 5.56 Å². The van der Waals surface area contributed by atoms with E-state index in [1.54, 1.807) is 50.6 Å². The quantitative estimate of drug-likeness (QED) is 0.612. The zero-order valence-electron chi connectivity index (χ0n) is 15.4. The minimum atomic E-state index is -3.68. The zero-order chi connectivity index (χ0) is 19.3. The molecule has 26 heavy (non-hydrogen) atoms. The average Bonchev–Trinajstić information content (AvgIpc) is 2.60. The van der Waals surface area contributed by atoms with Crippen LogP contribution in [0.5, 0.6) is 11.5 Å². The molecule has 0 spiro atoms. The van der Waals surface area contributed by atoms with Gasteiger partial charge in [-0.05, 0) is 52.2 Å². The topological polar surface area (TPSA) is 55.8 Å². The number of hydrogen-bond acceptors (Lipinski definition) is 4. The molecule has 2 rings (SSSR count). The van der Waals surface area contributed by atoms with Crippen LogP contribution in [0.2, 0.25) is 0 Å². The lowest BCUT2D eigenvalue weighted by Crippen LogP contribution is -2.34. The molecule has 142 valence electrons. The van der Waals surface area contributed by atoms with Crippen LogP contribution in [0, 0.1) is 5.92 Å². The summed E-state index contributed by atoms with van der Waals surface area (Å²) in [7, 11) is -0.531. The van der Waals surface area contributed by atoms with Crippen molar-refractivity contribution in [2.75, 3.05) is 20.8 Å². The molecule has 7 heteroatoms. The molecule has 0 saturated carbocycles. The monoisotopic (exact) mass is 441 g/mol. The van der Waals surface area contributed by atoms with Crippen LogP contribution in [0.15, 0.2) is 51.8 Å². The highest BCUT2D eigenvalue weighted by Gasteiger charge is 2.28. The second-order valence-corrected chi connectivity index (χ2v) is 9.06. The third kappa shape index (κ3) is 4.78. The third-order valence-corrected chi connectivity index (χ3v) is 6.68. The number of nitrogens with zero attached hydrogens (tertiary/aromatic N) is 1. The zero-order valence-corrected chi connectivity index (χ0v) is 17.8. The van der Waals surface area contributed by atoms with E-state index in [1.807, 2.05) is 19.9 Å². The molecule has 0 heterocycles. The molecule has 0 aromatic heterocycles. The Morgan fingerprint density at radius 3 is 2.35 bits per heavy atom. The summed E-state index contributed by atoms with van der Waals surface area (Å²) in [5.41, 5.74) is 0.753. The number of rotatable bonds is 8. The molecule has 0 saturated heterocycles. The third-order valence-electron chi connectivity index (χ3n) is 3.86. The Balaban J connectivity index is 2.48. The van der Waals surface area contributed by atoms with E-state index in [1.165, 1.54) is 4.31 Å². The largest absolute Gasteiger partial charge is 0.497 e. The van der Waals surface area contributed by atoms with Crippen molar-refractivity contribution in [1.82, 2.24) is 4.31 Å². The molecule has 0 N–H and O–H groups in total. The first-order chi connectivity index (χ1) is 12.3. The van der Waals surface area contributed by atoms with Gasteiger partial charge in [0.05, 0.1) is 19.1 Å². The Hall–Kier alpha value is -1.57. The first-order valence-corrected chi connectivity index (χ1v) is 10.5. The molecule has 0 radical (unpaired) electrons. The molecular formula is C19H24BrNO4S. The second kappa shape index (κ2) is 8.88. The summed E-state index contributed by atoms with van der Waals surface area (Å²) < 4.78 is 39.3. The Kier molecular flexibility index (Phi) is 7.08. The van der Waals surface area contributed by atoms with Crippen LogP contribution in [0.3, 0.4) is 0 Å². The molecule has 0 fully saturated rings. The fourth-order valence-electron chi connectivity index (χ4n) is 2.64. The summed E-state index contributed by atoms with van der Waals surface area (Å²) in [6.45, 7) is 4.57. The molecule has 2 aromatic carbocycles. The van der Waals surface area contributed by atoms with Gasteiger partial charge in [0.15, 0.2) is 0 Å². The van der Waals surface area contributed by atoms with E-state index in [2.05, 4.69) is 15.9 Å². The first-order valence-electron chi connectivity index (χ1n) is 8.25. The molecule has 0 atom stereocenters. The lowest BCUT2D eigenvalue weighted by Gasteiger charge is -2.25. The maximum absolute atomic E-state index is 13.3. The minimum Gasteiger partial charge on any atom is -0.497 e. The van der Waals surface area contributed by atoms with Gasteiger partial charge in [-0.1, -0.05) is 26.0 Å². The fourth-order valence-corrected chi connectivity index (χ4v) is 5.19.